The molecule has 1 saturated heterocycles. The molecular weight excluding hydrogens is 232 g/mol. The van der Waals surface area contributed by atoms with Gasteiger partial charge in [0.1, 0.15) is 0 Å². The molecule has 2 heteroatoms. The van der Waals surface area contributed by atoms with Gasteiger partial charge in [-0.25, -0.2) is 0 Å². The Labute approximate surface area is 118 Å². The average Bonchev–Trinajstić information content (AvgIpc) is 2.41. The Hall–Kier alpha value is -1.02. The maximum atomic E-state index is 3.49. The first kappa shape index (κ1) is 14.4. The Morgan fingerprint density at radius 2 is 2.16 bits per heavy atom. The highest BCUT2D eigenvalue weighted by Gasteiger charge is 2.18. The third-order valence-electron chi connectivity index (χ3n) is 4.20. The summed E-state index contributed by atoms with van der Waals surface area (Å²) < 4.78 is 0. The van der Waals surface area contributed by atoms with E-state index >= 15 is 0 Å². The van der Waals surface area contributed by atoms with Gasteiger partial charge in [-0.1, -0.05) is 13.0 Å². The quantitative estimate of drug-likeness (QED) is 0.808. The molecule has 0 aromatic heterocycles. The fourth-order valence-electron chi connectivity index (χ4n) is 2.94. The van der Waals surface area contributed by atoms with Crippen LogP contribution in [0, 0.1) is 6.92 Å². The molecule has 1 atom stereocenters. The van der Waals surface area contributed by atoms with Gasteiger partial charge < -0.3 is 10.2 Å². The summed E-state index contributed by atoms with van der Waals surface area (Å²) in [6.07, 6.45) is 5.25. The number of hydrogen-bond acceptors (Lipinski definition) is 2. The summed E-state index contributed by atoms with van der Waals surface area (Å²) in [5.41, 5.74) is 4.25. The number of anilines is 1. The molecule has 0 aliphatic carbocycles. The Morgan fingerprint density at radius 3 is 2.84 bits per heavy atom. The van der Waals surface area contributed by atoms with Crippen LogP contribution in [0.25, 0.3) is 0 Å². The Balaban J connectivity index is 2.05. The predicted octanol–water partition coefficient (Wildman–Crippen LogP) is 3.87. The van der Waals surface area contributed by atoms with Crippen LogP contribution in [-0.2, 0) is 6.54 Å². The first-order valence-corrected chi connectivity index (χ1v) is 7.79. The van der Waals surface area contributed by atoms with Crippen LogP contribution < -0.4 is 10.2 Å². The van der Waals surface area contributed by atoms with E-state index < -0.39 is 0 Å². The first-order valence-electron chi connectivity index (χ1n) is 7.79. The van der Waals surface area contributed by atoms with Crippen molar-refractivity contribution in [2.75, 3.05) is 18.0 Å². The van der Waals surface area contributed by atoms with Crippen molar-refractivity contribution in [1.82, 2.24) is 5.32 Å². The van der Waals surface area contributed by atoms with E-state index in [4.69, 9.17) is 0 Å². The van der Waals surface area contributed by atoms with Gasteiger partial charge in [0.2, 0.25) is 0 Å². The highest BCUT2D eigenvalue weighted by Crippen LogP contribution is 2.26. The lowest BCUT2D eigenvalue weighted by Gasteiger charge is -2.35. The van der Waals surface area contributed by atoms with Gasteiger partial charge in [0.25, 0.3) is 0 Å². The van der Waals surface area contributed by atoms with E-state index in [-0.39, 0.29) is 0 Å². The Bertz CT molecular complexity index is 400. The molecule has 0 spiro atoms. The maximum absolute atomic E-state index is 3.49. The molecule has 1 unspecified atom stereocenters. The summed E-state index contributed by atoms with van der Waals surface area (Å²) in [4.78, 5) is 2.57. The highest BCUT2D eigenvalue weighted by molar-refractivity contribution is 5.51. The molecule has 2 nitrogen and oxygen atoms in total. The van der Waals surface area contributed by atoms with Crippen LogP contribution in [0.4, 0.5) is 5.69 Å². The van der Waals surface area contributed by atoms with Crippen molar-refractivity contribution in [1.29, 1.82) is 0 Å². The predicted molar refractivity (Wildman–Crippen MR) is 83.8 cm³/mol. The zero-order valence-electron chi connectivity index (χ0n) is 12.7. The van der Waals surface area contributed by atoms with Crippen molar-refractivity contribution in [3.8, 4) is 0 Å². The zero-order valence-corrected chi connectivity index (χ0v) is 12.7. The van der Waals surface area contributed by atoms with Crippen molar-refractivity contribution < 1.29 is 0 Å². The Morgan fingerprint density at radius 1 is 1.32 bits per heavy atom. The summed E-state index contributed by atoms with van der Waals surface area (Å²) in [5, 5.41) is 3.49. The molecule has 1 aromatic rings. The summed E-state index contributed by atoms with van der Waals surface area (Å²) in [5.74, 6) is 0. The fraction of sp³-hybridized carbons (Fsp3) is 0.647. The van der Waals surface area contributed by atoms with Gasteiger partial charge in [0, 0.05) is 24.8 Å². The lowest BCUT2D eigenvalue weighted by atomic mass is 10.0. The number of benzene rings is 1. The molecule has 1 aliphatic rings. The normalized spacial score (nSPS) is 19.7. The van der Waals surface area contributed by atoms with Gasteiger partial charge in [-0.05, 0) is 69.3 Å². The monoisotopic (exact) mass is 260 g/mol. The minimum absolute atomic E-state index is 0.692. The molecule has 1 fully saturated rings. The molecule has 106 valence electrons. The molecule has 0 saturated carbocycles. The van der Waals surface area contributed by atoms with Gasteiger partial charge in [-0.2, -0.15) is 0 Å². The third-order valence-corrected chi connectivity index (χ3v) is 4.20. The van der Waals surface area contributed by atoms with Crippen molar-refractivity contribution in [2.24, 2.45) is 0 Å². The van der Waals surface area contributed by atoms with Crippen LogP contribution in [0.1, 0.15) is 50.7 Å². The number of hydrogen-bond donors (Lipinski definition) is 1. The topological polar surface area (TPSA) is 15.3 Å². The second-order valence-electron chi connectivity index (χ2n) is 5.83. The third kappa shape index (κ3) is 3.73. The lowest BCUT2D eigenvalue weighted by molar-refractivity contribution is 0.485. The van der Waals surface area contributed by atoms with Crippen LogP contribution in [-0.4, -0.2) is 19.1 Å². The number of rotatable bonds is 5. The number of nitrogens with one attached hydrogen (secondary N) is 1. The molecule has 1 aromatic carbocycles. The van der Waals surface area contributed by atoms with Crippen molar-refractivity contribution in [3.05, 3.63) is 29.3 Å². The van der Waals surface area contributed by atoms with Crippen LogP contribution >= 0.6 is 0 Å². The van der Waals surface area contributed by atoms with E-state index in [1.807, 2.05) is 0 Å². The largest absolute Gasteiger partial charge is 0.369 e. The Kier molecular flexibility index (Phi) is 5.26. The van der Waals surface area contributed by atoms with Crippen LogP contribution in [0.15, 0.2) is 18.2 Å². The van der Waals surface area contributed by atoms with Gasteiger partial charge in [0.05, 0.1) is 0 Å². The SMILES string of the molecule is CCCNCc1ccc(N2CCCCC2C)cc1C. The number of piperidine rings is 1. The lowest BCUT2D eigenvalue weighted by Crippen LogP contribution is -2.37. The summed E-state index contributed by atoms with van der Waals surface area (Å²) in [6.45, 7) is 10.1. The molecule has 0 bridgehead atoms. The van der Waals surface area contributed by atoms with E-state index in [2.05, 4.69) is 49.2 Å². The first-order chi connectivity index (χ1) is 9.22. The second-order valence-corrected chi connectivity index (χ2v) is 5.83. The second kappa shape index (κ2) is 6.95. The van der Waals surface area contributed by atoms with E-state index in [0.717, 1.165) is 13.1 Å². The standard InChI is InChI=1S/C17H28N2/c1-4-10-18-13-16-8-9-17(12-14(16)2)19-11-6-5-7-15(19)3/h8-9,12,15,18H,4-7,10-11,13H2,1-3H3. The fourth-order valence-corrected chi connectivity index (χ4v) is 2.94. The molecule has 1 aliphatic heterocycles. The molecule has 0 radical (unpaired) electrons. The minimum Gasteiger partial charge on any atom is -0.369 e. The van der Waals surface area contributed by atoms with Crippen LogP contribution in [0.2, 0.25) is 0 Å². The molecule has 0 amide bonds. The van der Waals surface area contributed by atoms with Crippen LogP contribution in [0.5, 0.6) is 0 Å². The van der Waals surface area contributed by atoms with Gasteiger partial charge in [0.15, 0.2) is 0 Å². The minimum atomic E-state index is 0.692. The molecular formula is C17H28N2. The summed E-state index contributed by atoms with van der Waals surface area (Å²) in [7, 11) is 0. The van der Waals surface area contributed by atoms with E-state index in [1.54, 1.807) is 0 Å². The van der Waals surface area contributed by atoms with Crippen molar-refractivity contribution in [2.45, 2.75) is 59.0 Å². The highest BCUT2D eigenvalue weighted by atomic mass is 15.2. The van der Waals surface area contributed by atoms with E-state index in [1.165, 1.54) is 49.0 Å². The van der Waals surface area contributed by atoms with E-state index in [9.17, 15) is 0 Å². The molecule has 1 N–H and O–H groups in total. The van der Waals surface area contributed by atoms with Gasteiger partial charge in [-0.15, -0.1) is 0 Å². The number of nitrogens with zero attached hydrogens (tertiary/aromatic N) is 1. The zero-order chi connectivity index (χ0) is 13.7. The molecule has 2 rings (SSSR count). The summed E-state index contributed by atoms with van der Waals surface area (Å²) in [6, 6.07) is 7.66. The van der Waals surface area contributed by atoms with Gasteiger partial charge >= 0.3 is 0 Å². The van der Waals surface area contributed by atoms with Gasteiger partial charge in [-0.3, -0.25) is 0 Å². The average molecular weight is 260 g/mol. The van der Waals surface area contributed by atoms with Crippen molar-refractivity contribution in [3.63, 3.8) is 0 Å². The summed E-state index contributed by atoms with van der Waals surface area (Å²) >= 11 is 0. The molecule has 1 heterocycles. The molecule has 19 heavy (non-hydrogen) atoms. The van der Waals surface area contributed by atoms with E-state index in [0.29, 0.717) is 6.04 Å². The smallest absolute Gasteiger partial charge is 0.0371 e. The van der Waals surface area contributed by atoms with Crippen LogP contribution in [0.3, 0.4) is 0 Å². The van der Waals surface area contributed by atoms with Crippen molar-refractivity contribution >= 4 is 5.69 Å². The number of aryl methyl sites for hydroxylation is 1. The maximum Gasteiger partial charge on any atom is 0.0371 e.